The Balaban J connectivity index is 1.61. The number of likely N-dealkylation sites (tertiary alicyclic amines) is 1. The molecule has 1 fully saturated rings. The fourth-order valence-corrected chi connectivity index (χ4v) is 3.62. The molecule has 4 heterocycles. The Hall–Kier alpha value is -3.02. The van der Waals surface area contributed by atoms with Gasteiger partial charge in [0, 0.05) is 49.1 Å². The maximum absolute atomic E-state index is 12.8. The quantitative estimate of drug-likeness (QED) is 0.730. The van der Waals surface area contributed by atoms with Crippen molar-refractivity contribution >= 4 is 5.91 Å². The third-order valence-electron chi connectivity index (χ3n) is 4.83. The van der Waals surface area contributed by atoms with Crippen LogP contribution in [0.4, 0.5) is 0 Å². The predicted molar refractivity (Wildman–Crippen MR) is 98.6 cm³/mol. The van der Waals surface area contributed by atoms with Crippen LogP contribution in [-0.4, -0.2) is 43.4 Å². The summed E-state index contributed by atoms with van der Waals surface area (Å²) in [7, 11) is 0. The Morgan fingerprint density at radius 1 is 1.12 bits per heavy atom. The van der Waals surface area contributed by atoms with Crippen LogP contribution in [0.3, 0.4) is 0 Å². The molecular weight excluding hydrogens is 326 g/mol. The molecule has 1 aliphatic rings. The zero-order valence-electron chi connectivity index (χ0n) is 14.7. The smallest absolute Gasteiger partial charge is 0.272 e. The number of piperidine rings is 1. The third-order valence-corrected chi connectivity index (χ3v) is 4.83. The minimum atomic E-state index is -0.00371. The number of rotatable bonds is 3. The van der Waals surface area contributed by atoms with Crippen LogP contribution >= 0.6 is 0 Å². The van der Waals surface area contributed by atoms with Crippen molar-refractivity contribution in [1.29, 1.82) is 0 Å². The molecule has 0 saturated carbocycles. The molecule has 1 atom stereocenters. The summed E-state index contributed by atoms with van der Waals surface area (Å²) in [6.07, 6.45) is 9.14. The van der Waals surface area contributed by atoms with E-state index in [1.165, 1.54) is 0 Å². The SMILES string of the molecule is Cc1cnc(-c2cccnc2)n1C1CCCN(C(=O)c2ccccn2)C1. The highest BCUT2D eigenvalue weighted by Gasteiger charge is 2.28. The Labute approximate surface area is 152 Å². The summed E-state index contributed by atoms with van der Waals surface area (Å²) in [5.74, 6) is 0.906. The van der Waals surface area contributed by atoms with E-state index in [1.807, 2.05) is 41.6 Å². The van der Waals surface area contributed by atoms with Crippen molar-refractivity contribution in [3.8, 4) is 11.4 Å². The molecule has 1 aliphatic heterocycles. The molecule has 4 rings (SSSR count). The number of pyridine rings is 2. The number of aromatic nitrogens is 4. The van der Waals surface area contributed by atoms with Gasteiger partial charge < -0.3 is 9.47 Å². The lowest BCUT2D eigenvalue weighted by molar-refractivity contribution is 0.0673. The second-order valence-electron chi connectivity index (χ2n) is 6.60. The highest BCUT2D eigenvalue weighted by Crippen LogP contribution is 2.29. The van der Waals surface area contributed by atoms with Gasteiger partial charge in [-0.05, 0) is 44.0 Å². The lowest BCUT2D eigenvalue weighted by Crippen LogP contribution is -2.41. The van der Waals surface area contributed by atoms with Gasteiger partial charge in [0.25, 0.3) is 5.91 Å². The number of carbonyl (C=O) groups excluding carboxylic acids is 1. The van der Waals surface area contributed by atoms with Gasteiger partial charge in [-0.3, -0.25) is 14.8 Å². The van der Waals surface area contributed by atoms with E-state index >= 15 is 0 Å². The van der Waals surface area contributed by atoms with Crippen molar-refractivity contribution < 1.29 is 4.79 Å². The lowest BCUT2D eigenvalue weighted by Gasteiger charge is -2.34. The highest BCUT2D eigenvalue weighted by molar-refractivity contribution is 5.92. The number of nitrogens with zero attached hydrogens (tertiary/aromatic N) is 5. The van der Waals surface area contributed by atoms with Gasteiger partial charge >= 0.3 is 0 Å². The standard InChI is InChI=1S/C20H21N5O/c1-15-12-23-19(16-6-4-9-21-13-16)25(15)17-7-5-11-24(14-17)20(26)18-8-2-3-10-22-18/h2-4,6,8-10,12-13,17H,5,7,11,14H2,1H3. The molecule has 6 nitrogen and oxygen atoms in total. The van der Waals surface area contributed by atoms with Gasteiger partial charge in [-0.25, -0.2) is 4.98 Å². The molecule has 0 aliphatic carbocycles. The zero-order chi connectivity index (χ0) is 17.9. The summed E-state index contributed by atoms with van der Waals surface area (Å²) >= 11 is 0. The number of hydrogen-bond donors (Lipinski definition) is 0. The minimum absolute atomic E-state index is 0.00371. The number of amides is 1. The van der Waals surface area contributed by atoms with E-state index in [1.54, 1.807) is 18.5 Å². The minimum Gasteiger partial charge on any atom is -0.335 e. The van der Waals surface area contributed by atoms with E-state index in [-0.39, 0.29) is 11.9 Å². The first-order chi connectivity index (χ1) is 12.7. The first-order valence-electron chi connectivity index (χ1n) is 8.88. The maximum atomic E-state index is 12.8. The van der Waals surface area contributed by atoms with Gasteiger partial charge in [0.05, 0.1) is 6.04 Å². The molecule has 1 unspecified atom stereocenters. The average molecular weight is 347 g/mol. The fourth-order valence-electron chi connectivity index (χ4n) is 3.62. The zero-order valence-corrected chi connectivity index (χ0v) is 14.7. The molecule has 1 amide bonds. The lowest BCUT2D eigenvalue weighted by atomic mass is 10.0. The largest absolute Gasteiger partial charge is 0.335 e. The molecule has 0 N–H and O–H groups in total. The van der Waals surface area contributed by atoms with Gasteiger partial charge in [0.15, 0.2) is 0 Å². The summed E-state index contributed by atoms with van der Waals surface area (Å²) in [5, 5.41) is 0. The number of hydrogen-bond acceptors (Lipinski definition) is 4. The van der Waals surface area contributed by atoms with Crippen molar-refractivity contribution in [2.75, 3.05) is 13.1 Å². The third kappa shape index (κ3) is 3.10. The van der Waals surface area contributed by atoms with Crippen LogP contribution in [-0.2, 0) is 0 Å². The summed E-state index contributed by atoms with van der Waals surface area (Å²) < 4.78 is 2.24. The van der Waals surface area contributed by atoms with E-state index in [4.69, 9.17) is 0 Å². The van der Waals surface area contributed by atoms with Crippen LogP contribution in [0, 0.1) is 6.92 Å². The molecule has 3 aromatic rings. The molecule has 0 aromatic carbocycles. The summed E-state index contributed by atoms with van der Waals surface area (Å²) in [4.78, 5) is 27.7. The first kappa shape index (κ1) is 16.4. The fraction of sp³-hybridized carbons (Fsp3) is 0.300. The first-order valence-corrected chi connectivity index (χ1v) is 8.88. The Kier molecular flexibility index (Phi) is 4.48. The molecule has 1 saturated heterocycles. The van der Waals surface area contributed by atoms with Crippen molar-refractivity contribution in [3.05, 3.63) is 66.5 Å². The predicted octanol–water partition coefficient (Wildman–Crippen LogP) is 3.13. The van der Waals surface area contributed by atoms with Gasteiger partial charge in [0.1, 0.15) is 11.5 Å². The van der Waals surface area contributed by atoms with E-state index in [0.717, 1.165) is 36.5 Å². The summed E-state index contributed by atoms with van der Waals surface area (Å²) in [5.41, 5.74) is 2.60. The van der Waals surface area contributed by atoms with Gasteiger partial charge in [-0.2, -0.15) is 0 Å². The summed E-state index contributed by atoms with van der Waals surface area (Å²) in [6.45, 7) is 3.49. The molecule has 0 radical (unpaired) electrons. The van der Waals surface area contributed by atoms with Gasteiger partial charge in [0.2, 0.25) is 0 Å². The molecule has 0 spiro atoms. The molecule has 0 bridgehead atoms. The number of carbonyl (C=O) groups is 1. The van der Waals surface area contributed by atoms with E-state index in [2.05, 4.69) is 26.4 Å². The summed E-state index contributed by atoms with van der Waals surface area (Å²) in [6, 6.07) is 9.59. The van der Waals surface area contributed by atoms with Crippen LogP contribution in [0.5, 0.6) is 0 Å². The Bertz CT molecular complexity index is 891. The maximum Gasteiger partial charge on any atom is 0.272 e. The van der Waals surface area contributed by atoms with Crippen molar-refractivity contribution in [3.63, 3.8) is 0 Å². The van der Waals surface area contributed by atoms with Crippen molar-refractivity contribution in [1.82, 2.24) is 24.4 Å². The van der Waals surface area contributed by atoms with Crippen LogP contribution in [0.2, 0.25) is 0 Å². The second kappa shape index (κ2) is 7.07. The highest BCUT2D eigenvalue weighted by atomic mass is 16.2. The van der Waals surface area contributed by atoms with Crippen molar-refractivity contribution in [2.24, 2.45) is 0 Å². The Morgan fingerprint density at radius 2 is 2.04 bits per heavy atom. The van der Waals surface area contributed by atoms with Gasteiger partial charge in [-0.1, -0.05) is 6.07 Å². The van der Waals surface area contributed by atoms with Crippen LogP contribution in [0.25, 0.3) is 11.4 Å². The topological polar surface area (TPSA) is 63.9 Å². The van der Waals surface area contributed by atoms with Crippen LogP contribution in [0.15, 0.2) is 55.1 Å². The normalized spacial score (nSPS) is 17.3. The number of aryl methyl sites for hydroxylation is 1. The Morgan fingerprint density at radius 3 is 2.81 bits per heavy atom. The monoisotopic (exact) mass is 347 g/mol. The molecular formula is C20H21N5O. The van der Waals surface area contributed by atoms with E-state index in [9.17, 15) is 4.79 Å². The average Bonchev–Trinajstić information content (AvgIpc) is 3.10. The van der Waals surface area contributed by atoms with Gasteiger partial charge in [-0.15, -0.1) is 0 Å². The second-order valence-corrected chi connectivity index (χ2v) is 6.60. The van der Waals surface area contributed by atoms with E-state index in [0.29, 0.717) is 12.2 Å². The van der Waals surface area contributed by atoms with Crippen LogP contribution < -0.4 is 0 Å². The van der Waals surface area contributed by atoms with Crippen LogP contribution in [0.1, 0.15) is 35.1 Å². The molecule has 132 valence electrons. The van der Waals surface area contributed by atoms with E-state index < -0.39 is 0 Å². The molecule has 6 heteroatoms. The molecule has 26 heavy (non-hydrogen) atoms. The number of imidazole rings is 1. The van der Waals surface area contributed by atoms with Crippen molar-refractivity contribution in [2.45, 2.75) is 25.8 Å². The molecule has 3 aromatic heterocycles.